The van der Waals surface area contributed by atoms with Gasteiger partial charge in [-0.15, -0.1) is 5.10 Å². The average Bonchev–Trinajstić information content (AvgIpc) is 3.01. The Balaban J connectivity index is 2.11. The van der Waals surface area contributed by atoms with Gasteiger partial charge in [0.25, 0.3) is 11.8 Å². The lowest BCUT2D eigenvalue weighted by molar-refractivity contribution is 0.0186. The van der Waals surface area contributed by atoms with Crippen molar-refractivity contribution in [1.29, 1.82) is 0 Å². The Hall–Kier alpha value is -2.61. The number of fused-ring (bicyclic) bond motifs is 1. The van der Waals surface area contributed by atoms with Gasteiger partial charge in [-0.1, -0.05) is 12.1 Å². The summed E-state index contributed by atoms with van der Waals surface area (Å²) in [6, 6.07) is 7.29. The van der Waals surface area contributed by atoms with E-state index in [-0.39, 0.29) is 22.6 Å². The molecule has 0 radical (unpaired) electrons. The lowest BCUT2D eigenvalue weighted by atomic mass is 10.1. The third-order valence-corrected chi connectivity index (χ3v) is 3.56. The number of hydrogen-bond donors (Lipinski definition) is 1. The quantitative estimate of drug-likeness (QED) is 0.880. The molecule has 1 aromatic carbocycles. The van der Waals surface area contributed by atoms with E-state index in [4.69, 9.17) is 0 Å². The number of aromatic nitrogens is 2. The fraction of sp³-hybridized carbons (Fsp3) is 0.267. The molecule has 8 heteroatoms. The number of rotatable bonds is 3. The largest absolute Gasteiger partial charge is 0.384 e. The van der Waals surface area contributed by atoms with Gasteiger partial charge in [0.2, 0.25) is 0 Å². The smallest absolute Gasteiger partial charge is 0.333 e. The molecule has 120 valence electrons. The van der Waals surface area contributed by atoms with Crippen molar-refractivity contribution in [3.63, 3.8) is 0 Å². The van der Waals surface area contributed by atoms with Crippen LogP contribution in [0.2, 0.25) is 0 Å². The van der Waals surface area contributed by atoms with Crippen LogP contribution in [0, 0.1) is 0 Å². The summed E-state index contributed by atoms with van der Waals surface area (Å²) in [6.45, 7) is -0.384. The monoisotopic (exact) mass is 321 g/mol. The molecule has 6 nitrogen and oxygen atoms in total. The Morgan fingerprint density at radius 2 is 1.65 bits per heavy atom. The maximum Gasteiger partial charge on any atom is 0.333 e. The van der Waals surface area contributed by atoms with Gasteiger partial charge in [0.05, 0.1) is 16.8 Å². The van der Waals surface area contributed by atoms with Gasteiger partial charge in [-0.25, -0.2) is 9.58 Å². The van der Waals surface area contributed by atoms with E-state index in [0.717, 1.165) is 11.0 Å². The molecular weight excluding hydrogens is 308 g/mol. The minimum absolute atomic E-state index is 0.189. The predicted octanol–water partition coefficient (Wildman–Crippen LogP) is 2.31. The summed E-state index contributed by atoms with van der Waals surface area (Å²) in [4.78, 5) is 25.4. The molecular formula is C15H13F2N3O3. The van der Waals surface area contributed by atoms with E-state index in [2.05, 4.69) is 5.10 Å². The van der Waals surface area contributed by atoms with Crippen LogP contribution in [-0.2, 0) is 5.60 Å². The van der Waals surface area contributed by atoms with Gasteiger partial charge in [0.15, 0.2) is 5.82 Å². The standard InChI is InChI=1S/C15H13F2N3O3/c1-15(2,23)10-7-11(18-20(10)14(16)17)19-12(21)8-5-3-4-6-9(8)13(19)22/h3-7,14,23H,1-2H3. The lowest BCUT2D eigenvalue weighted by Gasteiger charge is -2.18. The molecule has 0 atom stereocenters. The number of carbonyl (C=O) groups is 2. The molecule has 0 spiro atoms. The Morgan fingerprint density at radius 3 is 2.04 bits per heavy atom. The lowest BCUT2D eigenvalue weighted by Crippen LogP contribution is -2.29. The molecule has 2 aromatic rings. The van der Waals surface area contributed by atoms with Crippen molar-refractivity contribution in [1.82, 2.24) is 9.78 Å². The molecule has 1 aromatic heterocycles. The van der Waals surface area contributed by atoms with E-state index in [1.54, 1.807) is 12.1 Å². The van der Waals surface area contributed by atoms with E-state index < -0.39 is 24.0 Å². The third-order valence-electron chi connectivity index (χ3n) is 3.56. The highest BCUT2D eigenvalue weighted by molar-refractivity contribution is 6.34. The Bertz CT molecular complexity index is 774. The maximum atomic E-state index is 13.1. The number of amides is 2. The number of halogens is 2. The molecule has 0 bridgehead atoms. The van der Waals surface area contributed by atoms with Crippen molar-refractivity contribution in [2.24, 2.45) is 0 Å². The average molecular weight is 321 g/mol. The highest BCUT2D eigenvalue weighted by atomic mass is 19.3. The van der Waals surface area contributed by atoms with Crippen molar-refractivity contribution >= 4 is 17.6 Å². The van der Waals surface area contributed by atoms with Crippen LogP contribution >= 0.6 is 0 Å². The molecule has 0 saturated carbocycles. The molecule has 0 unspecified atom stereocenters. The summed E-state index contributed by atoms with van der Waals surface area (Å²) in [5, 5.41) is 13.6. The molecule has 23 heavy (non-hydrogen) atoms. The van der Waals surface area contributed by atoms with Crippen molar-refractivity contribution in [3.05, 3.63) is 47.2 Å². The fourth-order valence-corrected chi connectivity index (χ4v) is 2.49. The first-order valence-electron chi connectivity index (χ1n) is 6.80. The molecule has 0 fully saturated rings. The van der Waals surface area contributed by atoms with E-state index in [0.29, 0.717) is 4.68 Å². The summed E-state index contributed by atoms with van der Waals surface area (Å²) < 4.78 is 26.5. The van der Waals surface area contributed by atoms with Crippen LogP contribution in [0.25, 0.3) is 0 Å². The molecule has 0 saturated heterocycles. The van der Waals surface area contributed by atoms with Crippen LogP contribution in [0.4, 0.5) is 14.6 Å². The van der Waals surface area contributed by atoms with E-state index in [1.807, 2.05) is 0 Å². The molecule has 3 rings (SSSR count). The van der Waals surface area contributed by atoms with Gasteiger partial charge in [-0.2, -0.15) is 8.78 Å². The van der Waals surface area contributed by atoms with Gasteiger partial charge in [0.1, 0.15) is 5.60 Å². The summed E-state index contributed by atoms with van der Waals surface area (Å²) in [7, 11) is 0. The molecule has 1 aliphatic rings. The second kappa shape index (κ2) is 4.95. The fourth-order valence-electron chi connectivity index (χ4n) is 2.49. The summed E-state index contributed by atoms with van der Waals surface area (Å²) in [6.07, 6.45) is 0. The molecule has 1 N–H and O–H groups in total. The number of benzene rings is 1. The zero-order valence-corrected chi connectivity index (χ0v) is 12.3. The van der Waals surface area contributed by atoms with Crippen molar-refractivity contribution < 1.29 is 23.5 Å². The Morgan fingerprint density at radius 1 is 1.13 bits per heavy atom. The molecule has 2 heterocycles. The summed E-state index contributed by atoms with van der Waals surface area (Å²) in [5.41, 5.74) is -1.43. The Labute approximate surface area is 129 Å². The molecule has 2 amide bonds. The first kappa shape index (κ1) is 15.3. The first-order valence-corrected chi connectivity index (χ1v) is 6.80. The zero-order chi connectivity index (χ0) is 16.9. The van der Waals surface area contributed by atoms with Gasteiger partial charge < -0.3 is 5.11 Å². The number of imide groups is 1. The van der Waals surface area contributed by atoms with E-state index in [9.17, 15) is 23.5 Å². The van der Waals surface area contributed by atoms with Crippen LogP contribution in [-0.4, -0.2) is 26.7 Å². The van der Waals surface area contributed by atoms with E-state index in [1.165, 1.54) is 26.0 Å². The predicted molar refractivity (Wildman–Crippen MR) is 76.3 cm³/mol. The third kappa shape index (κ3) is 2.31. The zero-order valence-electron chi connectivity index (χ0n) is 12.3. The SMILES string of the molecule is CC(C)(O)c1cc(N2C(=O)c3ccccc3C2=O)nn1C(F)F. The van der Waals surface area contributed by atoms with Crippen LogP contribution in [0.3, 0.4) is 0 Å². The minimum Gasteiger partial charge on any atom is -0.384 e. The normalized spacial score (nSPS) is 14.8. The highest BCUT2D eigenvalue weighted by Crippen LogP contribution is 2.32. The van der Waals surface area contributed by atoms with Crippen LogP contribution in [0.1, 0.15) is 46.8 Å². The van der Waals surface area contributed by atoms with Crippen LogP contribution in [0.15, 0.2) is 30.3 Å². The highest BCUT2D eigenvalue weighted by Gasteiger charge is 2.39. The maximum absolute atomic E-state index is 13.1. The Kier molecular flexibility index (Phi) is 3.29. The van der Waals surface area contributed by atoms with Gasteiger partial charge in [0, 0.05) is 6.07 Å². The number of alkyl halides is 2. The van der Waals surface area contributed by atoms with Gasteiger partial charge in [-0.05, 0) is 26.0 Å². The van der Waals surface area contributed by atoms with Gasteiger partial charge in [-0.3, -0.25) is 9.59 Å². The second-order valence-electron chi connectivity index (χ2n) is 5.66. The van der Waals surface area contributed by atoms with E-state index >= 15 is 0 Å². The molecule has 1 aliphatic heterocycles. The van der Waals surface area contributed by atoms with Crippen LogP contribution < -0.4 is 4.90 Å². The van der Waals surface area contributed by atoms with Crippen molar-refractivity contribution in [3.8, 4) is 0 Å². The molecule has 0 aliphatic carbocycles. The number of hydrogen-bond acceptors (Lipinski definition) is 4. The minimum atomic E-state index is -3.01. The second-order valence-corrected chi connectivity index (χ2v) is 5.66. The number of carbonyl (C=O) groups excluding carboxylic acids is 2. The van der Waals surface area contributed by atoms with Gasteiger partial charge >= 0.3 is 6.55 Å². The van der Waals surface area contributed by atoms with Crippen molar-refractivity contribution in [2.45, 2.75) is 26.0 Å². The number of nitrogens with zero attached hydrogens (tertiary/aromatic N) is 3. The number of anilines is 1. The van der Waals surface area contributed by atoms with Crippen LogP contribution in [0.5, 0.6) is 0 Å². The topological polar surface area (TPSA) is 75.4 Å². The van der Waals surface area contributed by atoms with Crippen molar-refractivity contribution in [2.75, 3.05) is 4.90 Å². The first-order chi connectivity index (χ1) is 10.7. The number of aliphatic hydroxyl groups is 1. The summed E-state index contributed by atoms with van der Waals surface area (Å²) >= 11 is 0. The summed E-state index contributed by atoms with van der Waals surface area (Å²) in [5.74, 6) is -1.51.